The van der Waals surface area contributed by atoms with Gasteiger partial charge >= 0.3 is 0 Å². The molecule has 6 heteroatoms. The first-order valence-corrected chi connectivity index (χ1v) is 8.57. The number of ether oxygens (including phenoxy) is 1. The fourth-order valence-corrected chi connectivity index (χ4v) is 3.93. The Morgan fingerprint density at radius 3 is 2.24 bits per heavy atom. The molecule has 0 N–H and O–H groups in total. The van der Waals surface area contributed by atoms with Crippen molar-refractivity contribution < 1.29 is 4.74 Å². The van der Waals surface area contributed by atoms with Gasteiger partial charge in [0.05, 0.1) is 16.5 Å². The van der Waals surface area contributed by atoms with Crippen molar-refractivity contribution in [2.45, 2.75) is 11.8 Å². The van der Waals surface area contributed by atoms with Crippen LogP contribution >= 0.6 is 62.3 Å². The van der Waals surface area contributed by atoms with E-state index in [1.807, 2.05) is 13.0 Å². The Balaban J connectivity index is 2.43. The molecular formula is C15H11BrCl4O. The van der Waals surface area contributed by atoms with Gasteiger partial charge in [-0.25, -0.2) is 0 Å². The van der Waals surface area contributed by atoms with Crippen LogP contribution in [0.15, 0.2) is 30.3 Å². The summed E-state index contributed by atoms with van der Waals surface area (Å²) in [7, 11) is 0. The number of halogens is 5. The SMILES string of the molecule is CCOc1cc(Cl)c(C(Br)c2ccc(Cl)cc2Cl)cc1Cl. The summed E-state index contributed by atoms with van der Waals surface area (Å²) < 4.78 is 5.42. The van der Waals surface area contributed by atoms with E-state index in [0.29, 0.717) is 32.4 Å². The van der Waals surface area contributed by atoms with Gasteiger partial charge in [-0.1, -0.05) is 68.4 Å². The van der Waals surface area contributed by atoms with Gasteiger partial charge in [-0.05, 0) is 36.2 Å². The minimum atomic E-state index is -0.192. The summed E-state index contributed by atoms with van der Waals surface area (Å²) in [5, 5.41) is 2.20. The molecular weight excluding hydrogens is 418 g/mol. The van der Waals surface area contributed by atoms with Gasteiger partial charge in [0.25, 0.3) is 0 Å². The summed E-state index contributed by atoms with van der Waals surface area (Å²) in [5.41, 5.74) is 1.68. The van der Waals surface area contributed by atoms with Crippen LogP contribution in [-0.2, 0) is 0 Å². The highest BCUT2D eigenvalue weighted by Crippen LogP contribution is 2.42. The molecule has 2 rings (SSSR count). The van der Waals surface area contributed by atoms with Crippen LogP contribution in [0.5, 0.6) is 5.75 Å². The second-order valence-electron chi connectivity index (χ2n) is 4.27. The van der Waals surface area contributed by atoms with Gasteiger partial charge in [0.15, 0.2) is 0 Å². The van der Waals surface area contributed by atoms with E-state index in [1.165, 1.54) is 0 Å². The standard InChI is InChI=1S/C15H11BrCl4O/c1-2-21-14-7-12(19)10(6-13(14)20)15(16)9-4-3-8(17)5-11(9)18/h3-7,15H,2H2,1H3. The van der Waals surface area contributed by atoms with Crippen molar-refractivity contribution in [3.8, 4) is 5.75 Å². The molecule has 0 amide bonds. The van der Waals surface area contributed by atoms with Crippen LogP contribution in [-0.4, -0.2) is 6.61 Å². The predicted octanol–water partition coefficient (Wildman–Crippen LogP) is 7.18. The van der Waals surface area contributed by atoms with Crippen molar-refractivity contribution >= 4 is 62.3 Å². The minimum Gasteiger partial charge on any atom is -0.492 e. The molecule has 21 heavy (non-hydrogen) atoms. The third-order valence-electron chi connectivity index (χ3n) is 2.86. The van der Waals surface area contributed by atoms with Crippen molar-refractivity contribution in [2.75, 3.05) is 6.61 Å². The van der Waals surface area contributed by atoms with Gasteiger partial charge in [0.1, 0.15) is 5.75 Å². The minimum absolute atomic E-state index is 0.192. The number of benzene rings is 2. The molecule has 0 spiro atoms. The van der Waals surface area contributed by atoms with E-state index >= 15 is 0 Å². The number of hydrogen-bond acceptors (Lipinski definition) is 1. The zero-order valence-corrected chi connectivity index (χ0v) is 15.6. The Morgan fingerprint density at radius 1 is 0.952 bits per heavy atom. The Bertz CT molecular complexity index is 660. The van der Waals surface area contributed by atoms with E-state index in [1.54, 1.807) is 24.3 Å². The van der Waals surface area contributed by atoms with Crippen molar-refractivity contribution in [2.24, 2.45) is 0 Å². The molecule has 0 fully saturated rings. The van der Waals surface area contributed by atoms with Crippen LogP contribution in [0.25, 0.3) is 0 Å². The van der Waals surface area contributed by atoms with Gasteiger partial charge in [0.2, 0.25) is 0 Å². The van der Waals surface area contributed by atoms with Crippen LogP contribution in [0.2, 0.25) is 20.1 Å². The zero-order chi connectivity index (χ0) is 15.6. The lowest BCUT2D eigenvalue weighted by Crippen LogP contribution is -1.98. The monoisotopic (exact) mass is 426 g/mol. The third kappa shape index (κ3) is 4.00. The van der Waals surface area contributed by atoms with E-state index < -0.39 is 0 Å². The molecule has 0 heterocycles. The second-order valence-corrected chi connectivity index (χ2v) is 6.84. The maximum Gasteiger partial charge on any atom is 0.139 e. The smallest absolute Gasteiger partial charge is 0.139 e. The fourth-order valence-electron chi connectivity index (χ4n) is 1.88. The fraction of sp³-hybridized carbons (Fsp3) is 0.200. The van der Waals surface area contributed by atoms with Gasteiger partial charge in [0, 0.05) is 21.1 Å². The predicted molar refractivity (Wildman–Crippen MR) is 94.9 cm³/mol. The van der Waals surface area contributed by atoms with Crippen molar-refractivity contribution in [1.29, 1.82) is 0 Å². The lowest BCUT2D eigenvalue weighted by atomic mass is 10.0. The highest BCUT2D eigenvalue weighted by atomic mass is 79.9. The molecule has 0 saturated carbocycles. The molecule has 1 atom stereocenters. The van der Waals surface area contributed by atoms with Crippen LogP contribution in [0.4, 0.5) is 0 Å². The van der Waals surface area contributed by atoms with Crippen LogP contribution in [0, 0.1) is 0 Å². The maximum atomic E-state index is 6.33. The first-order chi connectivity index (χ1) is 9.93. The Labute approximate surface area is 152 Å². The summed E-state index contributed by atoms with van der Waals surface area (Å²) in [6, 6.07) is 8.81. The van der Waals surface area contributed by atoms with Crippen molar-refractivity contribution in [1.82, 2.24) is 0 Å². The molecule has 1 unspecified atom stereocenters. The van der Waals surface area contributed by atoms with E-state index in [2.05, 4.69) is 15.9 Å². The van der Waals surface area contributed by atoms with E-state index in [-0.39, 0.29) is 4.83 Å². The molecule has 0 saturated heterocycles. The van der Waals surface area contributed by atoms with Gasteiger partial charge in [-0.15, -0.1) is 0 Å². The summed E-state index contributed by atoms with van der Waals surface area (Å²) in [6.07, 6.45) is 0. The normalized spacial score (nSPS) is 12.3. The molecule has 0 radical (unpaired) electrons. The van der Waals surface area contributed by atoms with Gasteiger partial charge < -0.3 is 4.74 Å². The molecule has 0 aliphatic heterocycles. The summed E-state index contributed by atoms with van der Waals surface area (Å²) in [5.74, 6) is 0.565. The third-order valence-corrected chi connectivity index (χ3v) is 5.03. The molecule has 0 aliphatic rings. The van der Waals surface area contributed by atoms with Gasteiger partial charge in [-0.3, -0.25) is 0 Å². The Morgan fingerprint density at radius 2 is 1.62 bits per heavy atom. The largest absolute Gasteiger partial charge is 0.492 e. The molecule has 112 valence electrons. The molecule has 0 aromatic heterocycles. The lowest BCUT2D eigenvalue weighted by molar-refractivity contribution is 0.340. The Kier molecular flexibility index (Phi) is 6.10. The Hall–Kier alpha value is -0.120. The molecule has 0 aliphatic carbocycles. The van der Waals surface area contributed by atoms with E-state index in [0.717, 1.165) is 11.1 Å². The van der Waals surface area contributed by atoms with Crippen molar-refractivity contribution in [3.05, 3.63) is 61.5 Å². The van der Waals surface area contributed by atoms with E-state index in [4.69, 9.17) is 51.1 Å². The molecule has 0 bridgehead atoms. The molecule has 2 aromatic carbocycles. The highest BCUT2D eigenvalue weighted by Gasteiger charge is 2.19. The average Bonchev–Trinajstić information content (AvgIpc) is 2.42. The lowest BCUT2D eigenvalue weighted by Gasteiger charge is -2.16. The number of rotatable bonds is 4. The number of hydrogen-bond donors (Lipinski definition) is 0. The van der Waals surface area contributed by atoms with Crippen LogP contribution in [0.1, 0.15) is 22.9 Å². The first-order valence-electron chi connectivity index (χ1n) is 6.14. The number of alkyl halides is 1. The summed E-state index contributed by atoms with van der Waals surface area (Å²) >= 11 is 28.3. The quantitative estimate of drug-likeness (QED) is 0.468. The van der Waals surface area contributed by atoms with Crippen molar-refractivity contribution in [3.63, 3.8) is 0 Å². The zero-order valence-electron chi connectivity index (χ0n) is 11.0. The highest BCUT2D eigenvalue weighted by molar-refractivity contribution is 9.09. The average molecular weight is 429 g/mol. The molecule has 2 aromatic rings. The summed E-state index contributed by atoms with van der Waals surface area (Å²) in [4.78, 5) is -0.192. The first kappa shape index (κ1) is 17.2. The maximum absolute atomic E-state index is 6.33. The van der Waals surface area contributed by atoms with Crippen LogP contribution in [0.3, 0.4) is 0 Å². The van der Waals surface area contributed by atoms with E-state index in [9.17, 15) is 0 Å². The van der Waals surface area contributed by atoms with Crippen LogP contribution < -0.4 is 4.74 Å². The summed E-state index contributed by atoms with van der Waals surface area (Å²) in [6.45, 7) is 2.41. The topological polar surface area (TPSA) is 9.23 Å². The second kappa shape index (κ2) is 7.43. The molecule has 1 nitrogen and oxygen atoms in total. The van der Waals surface area contributed by atoms with Gasteiger partial charge in [-0.2, -0.15) is 0 Å².